The number of carbonyl (C=O) groups excluding carboxylic acids is 1. The number of nitrogens with two attached hydrogens (primary N) is 1. The summed E-state index contributed by atoms with van der Waals surface area (Å²) in [6.45, 7) is 3.47. The summed E-state index contributed by atoms with van der Waals surface area (Å²) in [6, 6.07) is 5.57. The van der Waals surface area contributed by atoms with Crippen molar-refractivity contribution in [3.8, 4) is 0 Å². The van der Waals surface area contributed by atoms with E-state index in [0.717, 1.165) is 12.2 Å². The third kappa shape index (κ3) is 2.30. The lowest BCUT2D eigenvalue weighted by Gasteiger charge is -2.15. The maximum atomic E-state index is 11.6. The van der Waals surface area contributed by atoms with E-state index in [4.69, 9.17) is 5.84 Å². The van der Waals surface area contributed by atoms with Gasteiger partial charge in [-0.15, -0.1) is 0 Å². The number of hydrogen-bond acceptors (Lipinski definition) is 4. The number of anilines is 1. The molecule has 0 spiro atoms. The molecule has 3 N–H and O–H groups in total. The third-order valence-corrected chi connectivity index (χ3v) is 2.72. The summed E-state index contributed by atoms with van der Waals surface area (Å²) in [6.07, 6.45) is 0.648. The van der Waals surface area contributed by atoms with Gasteiger partial charge < -0.3 is 10.3 Å². The second-order valence-corrected chi connectivity index (χ2v) is 4.24. The molecule has 1 aromatic rings. The van der Waals surface area contributed by atoms with Crippen LogP contribution in [0.3, 0.4) is 0 Å². The van der Waals surface area contributed by atoms with E-state index >= 15 is 0 Å². The number of carbonyl (C=O) groups is 1. The summed E-state index contributed by atoms with van der Waals surface area (Å²) in [7, 11) is 0. The summed E-state index contributed by atoms with van der Waals surface area (Å²) in [5, 5.41) is 0. The first-order chi connectivity index (χ1) is 7.69. The highest BCUT2D eigenvalue weighted by Crippen LogP contribution is 2.19. The van der Waals surface area contributed by atoms with Crippen LogP contribution in [0.2, 0.25) is 0 Å². The van der Waals surface area contributed by atoms with Crippen LogP contribution in [-0.2, 0) is 11.3 Å². The maximum Gasteiger partial charge on any atom is 0.223 e. The Morgan fingerprint density at radius 1 is 1.62 bits per heavy atom. The zero-order valence-electron chi connectivity index (χ0n) is 9.31. The molecule has 1 aliphatic heterocycles. The number of pyridine rings is 1. The molecule has 1 amide bonds. The fourth-order valence-electron chi connectivity index (χ4n) is 1.97. The van der Waals surface area contributed by atoms with Gasteiger partial charge in [-0.05, 0) is 18.1 Å². The Kier molecular flexibility index (Phi) is 3.05. The summed E-state index contributed by atoms with van der Waals surface area (Å²) < 4.78 is 0. The largest absolute Gasteiger partial charge is 0.337 e. The van der Waals surface area contributed by atoms with Crippen molar-refractivity contribution in [1.82, 2.24) is 9.88 Å². The molecule has 0 saturated carbocycles. The fourth-order valence-corrected chi connectivity index (χ4v) is 1.97. The van der Waals surface area contributed by atoms with Crippen LogP contribution >= 0.6 is 0 Å². The third-order valence-electron chi connectivity index (χ3n) is 2.72. The predicted octanol–water partition coefficient (Wildman–Crippen LogP) is 0.736. The van der Waals surface area contributed by atoms with Crippen LogP contribution in [0.4, 0.5) is 5.82 Å². The van der Waals surface area contributed by atoms with E-state index in [1.165, 1.54) is 0 Å². The van der Waals surface area contributed by atoms with E-state index in [1.807, 2.05) is 17.0 Å². The molecule has 0 aromatic carbocycles. The standard InChI is InChI=1S/C11H16N4O/c1-8-5-11(16)15(6-8)7-9-3-2-4-10(13-9)14-12/h2-4,8H,5-7,12H2,1H3,(H,13,14). The van der Waals surface area contributed by atoms with Gasteiger partial charge in [0.05, 0.1) is 12.2 Å². The topological polar surface area (TPSA) is 71.2 Å². The lowest BCUT2D eigenvalue weighted by atomic mass is 10.2. The van der Waals surface area contributed by atoms with Crippen molar-refractivity contribution in [3.63, 3.8) is 0 Å². The van der Waals surface area contributed by atoms with Crippen LogP contribution in [0.15, 0.2) is 18.2 Å². The predicted molar refractivity (Wildman–Crippen MR) is 61.2 cm³/mol. The molecule has 1 aromatic heterocycles. The van der Waals surface area contributed by atoms with Gasteiger partial charge in [0.2, 0.25) is 5.91 Å². The first-order valence-corrected chi connectivity index (χ1v) is 5.39. The molecular weight excluding hydrogens is 204 g/mol. The molecule has 2 rings (SSSR count). The van der Waals surface area contributed by atoms with Crippen molar-refractivity contribution in [2.45, 2.75) is 19.9 Å². The Hall–Kier alpha value is -1.62. The van der Waals surface area contributed by atoms with E-state index in [0.29, 0.717) is 24.7 Å². The molecule has 2 heterocycles. The van der Waals surface area contributed by atoms with Crippen molar-refractivity contribution in [2.75, 3.05) is 12.0 Å². The molecule has 5 nitrogen and oxygen atoms in total. The fraction of sp³-hybridized carbons (Fsp3) is 0.455. The van der Waals surface area contributed by atoms with Crippen molar-refractivity contribution >= 4 is 11.7 Å². The molecule has 5 heteroatoms. The normalized spacial score (nSPS) is 20.2. The van der Waals surface area contributed by atoms with Gasteiger partial charge in [-0.1, -0.05) is 13.0 Å². The zero-order chi connectivity index (χ0) is 11.5. The van der Waals surface area contributed by atoms with Crippen LogP contribution in [0.1, 0.15) is 19.0 Å². The molecule has 1 atom stereocenters. The van der Waals surface area contributed by atoms with E-state index in [1.54, 1.807) is 6.07 Å². The molecule has 86 valence electrons. The number of aromatic nitrogens is 1. The van der Waals surface area contributed by atoms with Crippen LogP contribution in [0, 0.1) is 5.92 Å². The van der Waals surface area contributed by atoms with E-state index < -0.39 is 0 Å². The summed E-state index contributed by atoms with van der Waals surface area (Å²) in [4.78, 5) is 17.7. The van der Waals surface area contributed by atoms with E-state index in [-0.39, 0.29) is 5.91 Å². The average Bonchev–Trinajstić information content (AvgIpc) is 2.58. The highest BCUT2D eigenvalue weighted by molar-refractivity contribution is 5.78. The number of hydrogen-bond donors (Lipinski definition) is 2. The van der Waals surface area contributed by atoms with Crippen molar-refractivity contribution < 1.29 is 4.79 Å². The lowest BCUT2D eigenvalue weighted by molar-refractivity contribution is -0.128. The molecule has 1 unspecified atom stereocenters. The molecule has 0 radical (unpaired) electrons. The Labute approximate surface area is 94.6 Å². The summed E-state index contributed by atoms with van der Waals surface area (Å²) >= 11 is 0. The van der Waals surface area contributed by atoms with Gasteiger partial charge in [0.15, 0.2) is 0 Å². The number of nitrogens with zero attached hydrogens (tertiary/aromatic N) is 2. The molecule has 0 aliphatic carbocycles. The molecular formula is C11H16N4O. The second-order valence-electron chi connectivity index (χ2n) is 4.24. The minimum Gasteiger partial charge on any atom is -0.337 e. The molecule has 1 aliphatic rings. The maximum absolute atomic E-state index is 11.6. The van der Waals surface area contributed by atoms with Gasteiger partial charge in [-0.2, -0.15) is 0 Å². The van der Waals surface area contributed by atoms with Crippen molar-refractivity contribution in [1.29, 1.82) is 0 Å². The van der Waals surface area contributed by atoms with Crippen LogP contribution in [-0.4, -0.2) is 22.3 Å². The van der Waals surface area contributed by atoms with Gasteiger partial charge in [-0.25, -0.2) is 10.8 Å². The number of nitrogens with one attached hydrogen (secondary N) is 1. The summed E-state index contributed by atoms with van der Waals surface area (Å²) in [5.41, 5.74) is 3.36. The van der Waals surface area contributed by atoms with Gasteiger partial charge in [-0.3, -0.25) is 4.79 Å². The van der Waals surface area contributed by atoms with E-state index in [9.17, 15) is 4.79 Å². The minimum absolute atomic E-state index is 0.209. The molecule has 1 saturated heterocycles. The first kappa shape index (κ1) is 10.9. The SMILES string of the molecule is CC1CC(=O)N(Cc2cccc(NN)n2)C1. The Morgan fingerprint density at radius 2 is 2.44 bits per heavy atom. The zero-order valence-corrected chi connectivity index (χ0v) is 9.31. The monoisotopic (exact) mass is 220 g/mol. The van der Waals surface area contributed by atoms with Crippen molar-refractivity contribution in [2.24, 2.45) is 11.8 Å². The van der Waals surface area contributed by atoms with Gasteiger partial charge in [0, 0.05) is 13.0 Å². The highest BCUT2D eigenvalue weighted by atomic mass is 16.2. The number of hydrazine groups is 1. The first-order valence-electron chi connectivity index (χ1n) is 5.39. The quantitative estimate of drug-likeness (QED) is 0.582. The van der Waals surface area contributed by atoms with Crippen LogP contribution in [0.5, 0.6) is 0 Å². The van der Waals surface area contributed by atoms with Crippen molar-refractivity contribution in [3.05, 3.63) is 23.9 Å². The molecule has 0 bridgehead atoms. The van der Waals surface area contributed by atoms with Gasteiger partial charge in [0.25, 0.3) is 0 Å². The number of rotatable bonds is 3. The smallest absolute Gasteiger partial charge is 0.223 e. The van der Waals surface area contributed by atoms with E-state index in [2.05, 4.69) is 17.3 Å². The Balaban J connectivity index is 2.06. The number of amides is 1. The van der Waals surface area contributed by atoms with Crippen LogP contribution < -0.4 is 11.3 Å². The summed E-state index contributed by atoms with van der Waals surface area (Å²) in [5.74, 6) is 6.56. The lowest BCUT2D eigenvalue weighted by Crippen LogP contribution is -2.25. The Morgan fingerprint density at radius 3 is 3.06 bits per heavy atom. The Bertz CT molecular complexity index is 393. The molecule has 1 fully saturated rings. The van der Waals surface area contributed by atoms with Gasteiger partial charge >= 0.3 is 0 Å². The minimum atomic E-state index is 0.209. The number of likely N-dealkylation sites (tertiary alicyclic amines) is 1. The van der Waals surface area contributed by atoms with Gasteiger partial charge in [0.1, 0.15) is 5.82 Å². The van der Waals surface area contributed by atoms with Crippen LogP contribution in [0.25, 0.3) is 0 Å². The highest BCUT2D eigenvalue weighted by Gasteiger charge is 2.26. The average molecular weight is 220 g/mol. The second kappa shape index (κ2) is 4.49. The molecule has 16 heavy (non-hydrogen) atoms. The number of nitrogen functional groups attached to an aromatic ring is 1.